The van der Waals surface area contributed by atoms with Gasteiger partial charge in [-0.1, -0.05) is 29.8 Å². The van der Waals surface area contributed by atoms with Crippen molar-refractivity contribution >= 4 is 45.8 Å². The molecule has 0 aliphatic carbocycles. The molecule has 1 aliphatic rings. The third kappa shape index (κ3) is 3.54. The molecule has 8 heteroatoms. The molecule has 146 valence electrons. The fourth-order valence-electron chi connectivity index (χ4n) is 3.22. The number of amides is 3. The van der Waals surface area contributed by atoms with E-state index in [1.54, 1.807) is 18.2 Å². The minimum atomic E-state index is -0.386. The first-order chi connectivity index (χ1) is 13.8. The summed E-state index contributed by atoms with van der Waals surface area (Å²) < 4.78 is 0. The van der Waals surface area contributed by atoms with E-state index >= 15 is 0 Å². The lowest BCUT2D eigenvalue weighted by atomic mass is 10.00. The van der Waals surface area contributed by atoms with Gasteiger partial charge in [0.25, 0.3) is 11.8 Å². The second-order valence-electron chi connectivity index (χ2n) is 6.74. The Balaban J connectivity index is 1.51. The van der Waals surface area contributed by atoms with E-state index in [2.05, 4.69) is 10.3 Å². The molecule has 0 bridgehead atoms. The van der Waals surface area contributed by atoms with Gasteiger partial charge in [0.15, 0.2) is 5.13 Å². The van der Waals surface area contributed by atoms with E-state index < -0.39 is 0 Å². The van der Waals surface area contributed by atoms with Gasteiger partial charge >= 0.3 is 0 Å². The highest BCUT2D eigenvalue weighted by atomic mass is 35.5. The summed E-state index contributed by atoms with van der Waals surface area (Å²) in [6.45, 7) is 1.92. The highest BCUT2D eigenvalue weighted by Crippen LogP contribution is 2.29. The van der Waals surface area contributed by atoms with Crippen molar-refractivity contribution in [3.05, 3.63) is 69.1 Å². The Morgan fingerprint density at radius 1 is 1.21 bits per heavy atom. The Hall–Kier alpha value is -3.03. The number of hydrogen-bond acceptors (Lipinski definition) is 5. The predicted molar refractivity (Wildman–Crippen MR) is 112 cm³/mol. The van der Waals surface area contributed by atoms with Crippen LogP contribution in [0.3, 0.4) is 0 Å². The largest absolute Gasteiger partial charge is 0.302 e. The lowest BCUT2D eigenvalue weighted by molar-refractivity contribution is -0.115. The predicted octanol–water partition coefficient (Wildman–Crippen LogP) is 4.18. The van der Waals surface area contributed by atoms with Gasteiger partial charge in [0, 0.05) is 23.0 Å². The number of fused-ring (bicyclic) bond motifs is 1. The number of halogens is 1. The molecule has 4 rings (SSSR count). The first-order valence-corrected chi connectivity index (χ1v) is 10.1. The molecule has 1 aliphatic heterocycles. The molecular formula is C21H16ClN3O3S. The average Bonchev–Trinajstić information content (AvgIpc) is 3.24. The zero-order valence-corrected chi connectivity index (χ0v) is 17.2. The summed E-state index contributed by atoms with van der Waals surface area (Å²) in [6, 6.07) is 10.6. The molecule has 0 fully saturated rings. The number of carbonyl (C=O) groups is 3. The van der Waals surface area contributed by atoms with E-state index in [0.717, 1.165) is 21.7 Å². The third-order valence-electron chi connectivity index (χ3n) is 4.76. The monoisotopic (exact) mass is 425 g/mol. The molecular weight excluding hydrogens is 410 g/mol. The summed E-state index contributed by atoms with van der Waals surface area (Å²) >= 11 is 7.38. The summed E-state index contributed by atoms with van der Waals surface area (Å²) in [4.78, 5) is 42.5. The molecule has 3 aromatic rings. The summed E-state index contributed by atoms with van der Waals surface area (Å²) in [5, 5.41) is 5.77. The van der Waals surface area contributed by atoms with E-state index in [-0.39, 0.29) is 24.1 Å². The van der Waals surface area contributed by atoms with Crippen molar-refractivity contribution in [2.45, 2.75) is 13.3 Å². The summed E-state index contributed by atoms with van der Waals surface area (Å²) in [5.41, 5.74) is 3.76. The number of nitrogens with one attached hydrogen (secondary N) is 1. The first kappa shape index (κ1) is 19.3. The number of nitrogens with zero attached hydrogens (tertiary/aromatic N) is 2. The van der Waals surface area contributed by atoms with Crippen LogP contribution in [0.2, 0.25) is 5.02 Å². The molecule has 0 unspecified atom stereocenters. The Morgan fingerprint density at radius 2 is 2.00 bits per heavy atom. The maximum atomic E-state index is 12.5. The van der Waals surface area contributed by atoms with E-state index in [0.29, 0.717) is 26.8 Å². The Kier molecular flexibility index (Phi) is 4.94. The lowest BCUT2D eigenvalue weighted by Gasteiger charge is -2.07. The molecule has 1 aromatic heterocycles. The van der Waals surface area contributed by atoms with Gasteiger partial charge in [-0.05, 0) is 36.2 Å². The van der Waals surface area contributed by atoms with Crippen molar-refractivity contribution in [2.75, 3.05) is 12.4 Å². The maximum Gasteiger partial charge on any atom is 0.261 e. The number of rotatable bonds is 4. The highest BCUT2D eigenvalue weighted by Gasteiger charge is 2.34. The minimum absolute atomic E-state index is 0.0228. The van der Waals surface area contributed by atoms with Gasteiger partial charge in [0.2, 0.25) is 5.91 Å². The molecule has 0 saturated carbocycles. The molecule has 1 N–H and O–H groups in total. The summed E-state index contributed by atoms with van der Waals surface area (Å²) in [7, 11) is 1.43. The van der Waals surface area contributed by atoms with Crippen LogP contribution in [0.4, 0.5) is 5.13 Å². The fraction of sp³-hybridized carbons (Fsp3) is 0.143. The average molecular weight is 426 g/mol. The zero-order valence-electron chi connectivity index (χ0n) is 15.7. The van der Waals surface area contributed by atoms with Crippen LogP contribution in [-0.2, 0) is 11.2 Å². The number of benzene rings is 2. The molecule has 2 aromatic carbocycles. The van der Waals surface area contributed by atoms with Crippen molar-refractivity contribution in [1.29, 1.82) is 0 Å². The van der Waals surface area contributed by atoms with Crippen LogP contribution >= 0.6 is 22.9 Å². The van der Waals surface area contributed by atoms with Crippen molar-refractivity contribution in [3.8, 4) is 11.3 Å². The van der Waals surface area contributed by atoms with Crippen LogP contribution in [0.1, 0.15) is 31.8 Å². The number of aromatic nitrogens is 1. The molecule has 29 heavy (non-hydrogen) atoms. The summed E-state index contributed by atoms with van der Waals surface area (Å²) in [6.07, 6.45) is -0.0228. The maximum absolute atomic E-state index is 12.5. The van der Waals surface area contributed by atoms with Gasteiger partial charge in [0.05, 0.1) is 23.2 Å². The Morgan fingerprint density at radius 3 is 2.76 bits per heavy atom. The van der Waals surface area contributed by atoms with Crippen molar-refractivity contribution in [1.82, 2.24) is 9.88 Å². The smallest absolute Gasteiger partial charge is 0.261 e. The van der Waals surface area contributed by atoms with Crippen LogP contribution < -0.4 is 5.32 Å². The standard InChI is InChI=1S/C21H16ClN3O3S/c1-11-8-12(6-7-15(11)22)16-10-29-21(23-16)24-17(26)9-13-4-3-5-14-18(13)20(28)25(2)19(14)27/h3-8,10H,9H2,1-2H3,(H,23,24,26). The molecule has 0 saturated heterocycles. The first-order valence-electron chi connectivity index (χ1n) is 8.81. The van der Waals surface area contributed by atoms with Gasteiger partial charge in [-0.2, -0.15) is 0 Å². The van der Waals surface area contributed by atoms with Crippen molar-refractivity contribution in [2.24, 2.45) is 0 Å². The number of thiazole rings is 1. The van der Waals surface area contributed by atoms with Crippen molar-refractivity contribution < 1.29 is 14.4 Å². The van der Waals surface area contributed by atoms with Gasteiger partial charge in [-0.25, -0.2) is 4.98 Å². The van der Waals surface area contributed by atoms with E-state index in [9.17, 15) is 14.4 Å². The molecule has 0 spiro atoms. The van der Waals surface area contributed by atoms with Crippen molar-refractivity contribution in [3.63, 3.8) is 0 Å². The number of anilines is 1. The molecule has 0 atom stereocenters. The van der Waals surface area contributed by atoms with Crippen LogP contribution in [0.25, 0.3) is 11.3 Å². The fourth-order valence-corrected chi connectivity index (χ4v) is 4.08. The molecule has 3 amide bonds. The quantitative estimate of drug-likeness (QED) is 0.636. The number of carbonyl (C=O) groups excluding carboxylic acids is 3. The number of imide groups is 1. The van der Waals surface area contributed by atoms with Gasteiger partial charge in [0.1, 0.15) is 0 Å². The van der Waals surface area contributed by atoms with Gasteiger partial charge in [-0.3, -0.25) is 19.3 Å². The third-order valence-corrected chi connectivity index (χ3v) is 5.94. The second-order valence-corrected chi connectivity index (χ2v) is 8.00. The number of aryl methyl sites for hydroxylation is 1. The van der Waals surface area contributed by atoms with Gasteiger partial charge < -0.3 is 5.32 Å². The minimum Gasteiger partial charge on any atom is -0.302 e. The van der Waals surface area contributed by atoms with Crippen LogP contribution in [0.15, 0.2) is 41.8 Å². The van der Waals surface area contributed by atoms with Crippen LogP contribution in [0, 0.1) is 6.92 Å². The van der Waals surface area contributed by atoms with Crippen LogP contribution in [0.5, 0.6) is 0 Å². The Bertz CT molecular complexity index is 1170. The lowest BCUT2D eigenvalue weighted by Crippen LogP contribution is -2.24. The topological polar surface area (TPSA) is 79.4 Å². The SMILES string of the molecule is Cc1cc(-c2csc(NC(=O)Cc3cccc4c3C(=O)N(C)C4=O)n2)ccc1Cl. The van der Waals surface area contributed by atoms with Crippen LogP contribution in [-0.4, -0.2) is 34.7 Å². The molecule has 6 nitrogen and oxygen atoms in total. The highest BCUT2D eigenvalue weighted by molar-refractivity contribution is 7.14. The van der Waals surface area contributed by atoms with E-state index in [1.165, 1.54) is 18.4 Å². The zero-order chi connectivity index (χ0) is 20.7. The second kappa shape index (κ2) is 7.42. The normalized spacial score (nSPS) is 13.0. The Labute approximate surface area is 176 Å². The van der Waals surface area contributed by atoms with Gasteiger partial charge in [-0.15, -0.1) is 11.3 Å². The van der Waals surface area contributed by atoms with E-state index in [4.69, 9.17) is 11.6 Å². The molecule has 2 heterocycles. The number of hydrogen-bond donors (Lipinski definition) is 1. The van der Waals surface area contributed by atoms with E-state index in [1.807, 2.05) is 30.5 Å². The molecule has 0 radical (unpaired) electrons. The summed E-state index contributed by atoms with van der Waals surface area (Å²) in [5.74, 6) is -1.04.